The molecule has 0 radical (unpaired) electrons. The van der Waals surface area contributed by atoms with Crippen LogP contribution in [0.15, 0.2) is 194 Å². The molecule has 6 aromatic carbocycles. The molecule has 5 unspecified atom stereocenters. The number of nitrogen functional groups attached to an aromatic ring is 1. The Balaban J connectivity index is 1.08. The molecule has 0 aromatic heterocycles. The Hall–Kier alpha value is -6.58. The van der Waals surface area contributed by atoms with Gasteiger partial charge in [-0.05, 0) is 69.0 Å². The average Bonchev–Trinajstić information content (AvgIpc) is 3.28. The lowest BCUT2D eigenvalue weighted by atomic mass is 9.67. The Labute approximate surface area is 331 Å². The van der Waals surface area contributed by atoms with Crippen LogP contribution < -0.4 is 16.4 Å². The van der Waals surface area contributed by atoms with Crippen LogP contribution in [0.25, 0.3) is 23.4 Å². The Morgan fingerprint density at radius 3 is 1.86 bits per heavy atom. The van der Waals surface area contributed by atoms with Crippen LogP contribution in [0.4, 0.5) is 11.4 Å². The molecule has 5 atom stereocenters. The molecule has 0 saturated carbocycles. The fourth-order valence-corrected chi connectivity index (χ4v) is 8.96. The summed E-state index contributed by atoms with van der Waals surface area (Å²) >= 11 is 0. The van der Waals surface area contributed by atoms with Gasteiger partial charge in [-0.15, -0.1) is 0 Å². The minimum Gasteiger partial charge on any atom is -0.397 e. The van der Waals surface area contributed by atoms with Gasteiger partial charge in [0, 0.05) is 23.5 Å². The highest BCUT2D eigenvalue weighted by molar-refractivity contribution is 5.95. The Morgan fingerprint density at radius 2 is 1.21 bits per heavy atom. The molecule has 3 nitrogen and oxygen atoms in total. The monoisotopic (exact) mass is 725 g/mol. The van der Waals surface area contributed by atoms with E-state index in [4.69, 9.17) is 5.73 Å². The quantitative estimate of drug-likeness (QED) is 0.137. The number of rotatable bonds is 8. The first-order valence-corrected chi connectivity index (χ1v) is 19.9. The molecule has 0 fully saturated rings. The molecule has 9 rings (SSSR count). The van der Waals surface area contributed by atoms with Crippen molar-refractivity contribution < 1.29 is 0 Å². The van der Waals surface area contributed by atoms with Gasteiger partial charge in [-0.25, -0.2) is 0 Å². The van der Waals surface area contributed by atoms with E-state index >= 15 is 0 Å². The summed E-state index contributed by atoms with van der Waals surface area (Å²) in [6, 6.07) is 57.8. The fraction of sp³-hybridized carbons (Fsp3) is 0.132. The lowest BCUT2D eigenvalue weighted by molar-refractivity contribution is 0.456. The summed E-state index contributed by atoms with van der Waals surface area (Å²) in [6.07, 6.45) is 16.5. The van der Waals surface area contributed by atoms with Crippen LogP contribution in [0.2, 0.25) is 0 Å². The van der Waals surface area contributed by atoms with Gasteiger partial charge in [-0.3, -0.25) is 0 Å². The summed E-state index contributed by atoms with van der Waals surface area (Å²) in [6.45, 7) is 2.02. The van der Waals surface area contributed by atoms with Gasteiger partial charge in [-0.2, -0.15) is 0 Å². The Morgan fingerprint density at radius 1 is 0.589 bits per heavy atom. The number of hydrogen-bond donors (Lipinski definition) is 3. The molecule has 2 aliphatic heterocycles. The van der Waals surface area contributed by atoms with E-state index in [1.165, 1.54) is 50.2 Å². The molecular formula is C53H47N3. The predicted octanol–water partition coefficient (Wildman–Crippen LogP) is 12.6. The first-order chi connectivity index (χ1) is 27.7. The van der Waals surface area contributed by atoms with Gasteiger partial charge in [0.2, 0.25) is 0 Å². The minimum atomic E-state index is 0.0511. The zero-order valence-electron chi connectivity index (χ0n) is 31.7. The highest BCUT2D eigenvalue weighted by Gasteiger charge is 2.41. The van der Waals surface area contributed by atoms with Crippen LogP contribution in [-0.4, -0.2) is 6.04 Å². The molecule has 1 aliphatic carbocycles. The highest BCUT2D eigenvalue weighted by Crippen LogP contribution is 2.54. The largest absolute Gasteiger partial charge is 0.397 e. The second-order valence-corrected chi connectivity index (χ2v) is 15.1. The maximum absolute atomic E-state index is 6.61. The molecule has 0 spiro atoms. The van der Waals surface area contributed by atoms with Gasteiger partial charge in [-0.1, -0.05) is 200 Å². The van der Waals surface area contributed by atoms with Crippen LogP contribution in [0, 0.1) is 0 Å². The van der Waals surface area contributed by atoms with Crippen LogP contribution >= 0.6 is 0 Å². The molecule has 4 N–H and O–H groups in total. The van der Waals surface area contributed by atoms with Gasteiger partial charge in [0.25, 0.3) is 0 Å². The lowest BCUT2D eigenvalue weighted by Gasteiger charge is -2.43. The maximum atomic E-state index is 6.61. The third-order valence-electron chi connectivity index (χ3n) is 11.7. The molecule has 0 saturated heterocycles. The SMILES string of the molecule is C/C=C\c1ccc2c(c1N)NC(C1=CCC(c3ccc(C4C(c5ccccc5)=C(c5ccccc5)NC(c5ccccc5)C4c4ccccc4)cc3)C=C1)C=C2. The standard InChI is InChI=1S/C53H47N3/c1-2-15-42-32-33-45-34-35-46(55-53(45)50(42)54)38-28-24-36(25-29-38)37-26-30-41(31-27-37)47-48(39-16-7-3-8-17-39)51(43-20-11-5-12-21-43)56-52(44-22-13-6-14-23-44)49(47)40-18-9-4-10-19-40/h2-24,26-36,46-48,51,55-56H,25,54H2,1H3/b15-2-. The zero-order valence-corrected chi connectivity index (χ0v) is 31.7. The van der Waals surface area contributed by atoms with Crippen LogP contribution in [-0.2, 0) is 0 Å². The second kappa shape index (κ2) is 15.6. The first-order valence-electron chi connectivity index (χ1n) is 19.9. The van der Waals surface area contributed by atoms with Gasteiger partial charge in [0.05, 0.1) is 23.5 Å². The van der Waals surface area contributed by atoms with E-state index in [0.29, 0.717) is 5.92 Å². The van der Waals surface area contributed by atoms with Crippen molar-refractivity contribution in [2.24, 2.45) is 0 Å². The molecule has 0 bridgehead atoms. The number of benzene rings is 6. The van der Waals surface area contributed by atoms with Gasteiger partial charge in [0.1, 0.15) is 0 Å². The van der Waals surface area contributed by atoms with Crippen molar-refractivity contribution in [2.45, 2.75) is 43.2 Å². The lowest BCUT2D eigenvalue weighted by Crippen LogP contribution is -2.36. The van der Waals surface area contributed by atoms with E-state index in [1.807, 2.05) is 13.0 Å². The number of allylic oxidation sites excluding steroid dienone is 4. The van der Waals surface area contributed by atoms with Crippen molar-refractivity contribution in [3.05, 3.63) is 238 Å². The van der Waals surface area contributed by atoms with Crippen molar-refractivity contribution in [2.75, 3.05) is 11.1 Å². The van der Waals surface area contributed by atoms with E-state index in [2.05, 4.69) is 205 Å². The van der Waals surface area contributed by atoms with Gasteiger partial charge in [0.15, 0.2) is 0 Å². The highest BCUT2D eigenvalue weighted by atomic mass is 15.0. The van der Waals surface area contributed by atoms with Gasteiger partial charge >= 0.3 is 0 Å². The number of anilines is 2. The summed E-state index contributed by atoms with van der Waals surface area (Å²) < 4.78 is 0. The van der Waals surface area contributed by atoms with Crippen LogP contribution in [0.5, 0.6) is 0 Å². The average molecular weight is 726 g/mol. The number of nitrogens with two attached hydrogens (primary N) is 1. The molecule has 6 aromatic rings. The number of fused-ring (bicyclic) bond motifs is 1. The fourth-order valence-electron chi connectivity index (χ4n) is 8.96. The van der Waals surface area contributed by atoms with Crippen molar-refractivity contribution in [3.8, 4) is 0 Å². The number of hydrogen-bond acceptors (Lipinski definition) is 3. The summed E-state index contributed by atoms with van der Waals surface area (Å²) in [5.41, 5.74) is 22.1. The Kier molecular flexibility index (Phi) is 9.82. The topological polar surface area (TPSA) is 50.1 Å². The smallest absolute Gasteiger partial charge is 0.0699 e. The summed E-state index contributed by atoms with van der Waals surface area (Å²) in [4.78, 5) is 0. The molecular weight excluding hydrogens is 679 g/mol. The van der Waals surface area contributed by atoms with Crippen molar-refractivity contribution in [1.82, 2.24) is 5.32 Å². The van der Waals surface area contributed by atoms with E-state index in [0.717, 1.165) is 28.9 Å². The Bertz CT molecular complexity index is 2460. The van der Waals surface area contributed by atoms with Crippen molar-refractivity contribution >= 4 is 34.8 Å². The second-order valence-electron chi connectivity index (χ2n) is 15.1. The van der Waals surface area contributed by atoms with Gasteiger partial charge < -0.3 is 16.4 Å². The molecule has 56 heavy (non-hydrogen) atoms. The maximum Gasteiger partial charge on any atom is 0.0699 e. The zero-order chi connectivity index (χ0) is 37.8. The molecule has 3 heteroatoms. The molecule has 2 heterocycles. The minimum absolute atomic E-state index is 0.0511. The van der Waals surface area contributed by atoms with Crippen molar-refractivity contribution in [1.29, 1.82) is 0 Å². The van der Waals surface area contributed by atoms with Crippen LogP contribution in [0.3, 0.4) is 0 Å². The molecule has 0 amide bonds. The predicted molar refractivity (Wildman–Crippen MR) is 237 cm³/mol. The summed E-state index contributed by atoms with van der Waals surface area (Å²) in [7, 11) is 0. The van der Waals surface area contributed by atoms with Crippen LogP contribution in [0.1, 0.15) is 81.6 Å². The number of nitrogens with one attached hydrogen (secondary N) is 2. The van der Waals surface area contributed by atoms with E-state index < -0.39 is 0 Å². The third kappa shape index (κ3) is 6.82. The normalized spacial score (nSPS) is 21.6. The van der Waals surface area contributed by atoms with E-state index in [-0.39, 0.29) is 23.9 Å². The molecule has 3 aliphatic rings. The van der Waals surface area contributed by atoms with Crippen molar-refractivity contribution in [3.63, 3.8) is 0 Å². The van der Waals surface area contributed by atoms with E-state index in [9.17, 15) is 0 Å². The third-order valence-corrected chi connectivity index (χ3v) is 11.7. The van der Waals surface area contributed by atoms with E-state index in [1.54, 1.807) is 0 Å². The molecule has 274 valence electrons. The summed E-state index contributed by atoms with van der Waals surface area (Å²) in [5, 5.41) is 7.86. The summed E-state index contributed by atoms with van der Waals surface area (Å²) in [5.74, 6) is 0.520. The first kappa shape index (κ1) is 35.1.